The number of carbonyl (C=O) groups excluding carboxylic acids is 2. The molecule has 0 aromatic carbocycles. The van der Waals surface area contributed by atoms with Gasteiger partial charge in [0.15, 0.2) is 11.5 Å². The third kappa shape index (κ3) is 4.15. The van der Waals surface area contributed by atoms with Crippen LogP contribution < -0.4 is 5.32 Å². The van der Waals surface area contributed by atoms with Crippen molar-refractivity contribution in [3.8, 4) is 11.5 Å². The maximum atomic E-state index is 12.7. The van der Waals surface area contributed by atoms with Gasteiger partial charge in [0, 0.05) is 45.3 Å². The van der Waals surface area contributed by atoms with Gasteiger partial charge in [0.2, 0.25) is 0 Å². The smallest absolute Gasteiger partial charge is 0.274 e. The second-order valence-corrected chi connectivity index (χ2v) is 7.46. The number of aromatic nitrogens is 2. The zero-order valence-corrected chi connectivity index (χ0v) is 16.1. The Morgan fingerprint density at radius 2 is 2.07 bits per heavy atom. The van der Waals surface area contributed by atoms with Crippen LogP contribution in [0, 0.1) is 0 Å². The number of carbonyl (C=O) groups is 2. The molecule has 0 unspecified atom stereocenters. The molecule has 4 heterocycles. The highest BCUT2D eigenvalue weighted by Gasteiger charge is 2.24. The van der Waals surface area contributed by atoms with Crippen molar-refractivity contribution in [3.05, 3.63) is 52.5 Å². The lowest BCUT2D eigenvalue weighted by atomic mass is 10.2. The predicted octanol–water partition coefficient (Wildman–Crippen LogP) is 1.92. The number of hydrogen-bond acceptors (Lipinski definition) is 6. The highest BCUT2D eigenvalue weighted by molar-refractivity contribution is 7.12. The molecule has 0 spiro atoms. The van der Waals surface area contributed by atoms with Gasteiger partial charge < -0.3 is 14.6 Å². The first kappa shape index (κ1) is 18.5. The lowest BCUT2D eigenvalue weighted by Crippen LogP contribution is -2.50. The minimum atomic E-state index is -0.0836. The van der Waals surface area contributed by atoms with Crippen LogP contribution in [0.3, 0.4) is 0 Å². The van der Waals surface area contributed by atoms with E-state index in [1.54, 1.807) is 18.4 Å². The van der Waals surface area contributed by atoms with Crippen molar-refractivity contribution < 1.29 is 14.0 Å². The summed E-state index contributed by atoms with van der Waals surface area (Å²) in [6.07, 6.45) is 1.58. The van der Waals surface area contributed by atoms with Crippen LogP contribution in [-0.2, 0) is 0 Å². The molecule has 8 nitrogen and oxygen atoms in total. The van der Waals surface area contributed by atoms with Crippen LogP contribution in [0.25, 0.3) is 11.5 Å². The Morgan fingerprint density at radius 3 is 2.79 bits per heavy atom. The number of hydrogen-bond donors (Lipinski definition) is 2. The molecule has 0 saturated carbocycles. The molecular weight excluding hydrogens is 378 g/mol. The fourth-order valence-electron chi connectivity index (χ4n) is 3.15. The molecule has 3 aromatic rings. The Morgan fingerprint density at radius 1 is 1.21 bits per heavy atom. The third-order valence-electron chi connectivity index (χ3n) is 4.70. The van der Waals surface area contributed by atoms with Crippen LogP contribution in [0.1, 0.15) is 20.2 Å². The van der Waals surface area contributed by atoms with E-state index in [1.807, 2.05) is 28.5 Å². The standard InChI is InChI=1S/C19H21N5O3S/c25-18(17-4-2-12-28-17)20-5-6-23-7-9-24(10-8-23)19(26)15-13-14(21-22-15)16-3-1-11-27-16/h1-4,11-13H,5-10H2,(H,20,25)(H,21,22). The molecule has 1 fully saturated rings. The monoisotopic (exact) mass is 399 g/mol. The summed E-state index contributed by atoms with van der Waals surface area (Å²) in [6, 6.07) is 9.01. The lowest BCUT2D eigenvalue weighted by molar-refractivity contribution is 0.0632. The first-order valence-electron chi connectivity index (χ1n) is 9.13. The van der Waals surface area contributed by atoms with Crippen molar-refractivity contribution in [1.82, 2.24) is 25.3 Å². The molecule has 28 heavy (non-hydrogen) atoms. The van der Waals surface area contributed by atoms with Gasteiger partial charge in [-0.15, -0.1) is 11.3 Å². The van der Waals surface area contributed by atoms with E-state index in [0.29, 0.717) is 36.8 Å². The van der Waals surface area contributed by atoms with Crippen molar-refractivity contribution >= 4 is 23.2 Å². The number of thiophene rings is 1. The topological polar surface area (TPSA) is 94.5 Å². The average Bonchev–Trinajstić information content (AvgIpc) is 3.50. The van der Waals surface area contributed by atoms with Crippen molar-refractivity contribution in [1.29, 1.82) is 0 Å². The van der Waals surface area contributed by atoms with Crippen LogP contribution in [0.5, 0.6) is 0 Å². The number of nitrogens with one attached hydrogen (secondary N) is 2. The van der Waals surface area contributed by atoms with E-state index in [2.05, 4.69) is 20.4 Å². The molecule has 0 atom stereocenters. The summed E-state index contributed by atoms with van der Waals surface area (Å²) >= 11 is 1.44. The fourth-order valence-corrected chi connectivity index (χ4v) is 3.79. The Kier molecular flexibility index (Phi) is 5.54. The number of rotatable bonds is 6. The summed E-state index contributed by atoms with van der Waals surface area (Å²) in [4.78, 5) is 29.4. The normalized spacial score (nSPS) is 14.9. The van der Waals surface area contributed by atoms with E-state index in [4.69, 9.17) is 4.42 Å². The second-order valence-electron chi connectivity index (χ2n) is 6.51. The molecular formula is C19H21N5O3S. The van der Waals surface area contributed by atoms with E-state index in [1.165, 1.54) is 11.3 Å². The maximum absolute atomic E-state index is 12.7. The maximum Gasteiger partial charge on any atom is 0.274 e. The van der Waals surface area contributed by atoms with Crippen LogP contribution >= 0.6 is 11.3 Å². The van der Waals surface area contributed by atoms with E-state index < -0.39 is 0 Å². The molecule has 4 rings (SSSR count). The largest absolute Gasteiger partial charge is 0.463 e. The number of amides is 2. The van der Waals surface area contributed by atoms with Gasteiger partial charge in [-0.2, -0.15) is 5.10 Å². The van der Waals surface area contributed by atoms with Gasteiger partial charge in [0.1, 0.15) is 5.69 Å². The summed E-state index contributed by atoms with van der Waals surface area (Å²) in [7, 11) is 0. The van der Waals surface area contributed by atoms with Gasteiger partial charge in [0.25, 0.3) is 11.8 Å². The number of furan rings is 1. The number of piperazine rings is 1. The summed E-state index contributed by atoms with van der Waals surface area (Å²) in [5, 5.41) is 11.8. The van der Waals surface area contributed by atoms with Crippen LogP contribution in [0.4, 0.5) is 0 Å². The van der Waals surface area contributed by atoms with E-state index >= 15 is 0 Å². The van der Waals surface area contributed by atoms with Gasteiger partial charge in [-0.3, -0.25) is 19.6 Å². The minimum absolute atomic E-state index is 0.0327. The van der Waals surface area contributed by atoms with E-state index in [9.17, 15) is 9.59 Å². The first-order chi connectivity index (χ1) is 13.7. The number of nitrogens with zero attached hydrogens (tertiary/aromatic N) is 3. The summed E-state index contributed by atoms with van der Waals surface area (Å²) < 4.78 is 5.32. The molecule has 146 valence electrons. The highest BCUT2D eigenvalue weighted by Crippen LogP contribution is 2.19. The third-order valence-corrected chi connectivity index (χ3v) is 5.57. The highest BCUT2D eigenvalue weighted by atomic mass is 32.1. The Balaban J connectivity index is 1.23. The van der Waals surface area contributed by atoms with Crippen molar-refractivity contribution in [3.63, 3.8) is 0 Å². The summed E-state index contributed by atoms with van der Waals surface area (Å²) in [5.41, 5.74) is 1.08. The fraction of sp³-hybridized carbons (Fsp3) is 0.316. The van der Waals surface area contributed by atoms with Crippen molar-refractivity contribution in [2.45, 2.75) is 0 Å². The molecule has 0 radical (unpaired) electrons. The predicted molar refractivity (Wildman–Crippen MR) is 105 cm³/mol. The first-order valence-corrected chi connectivity index (χ1v) is 10.0. The molecule has 0 aliphatic carbocycles. The molecule has 1 aliphatic rings. The second kappa shape index (κ2) is 8.41. The van der Waals surface area contributed by atoms with E-state index in [0.717, 1.165) is 24.5 Å². The van der Waals surface area contributed by atoms with Crippen molar-refractivity contribution in [2.75, 3.05) is 39.3 Å². The molecule has 3 aromatic heterocycles. The molecule has 2 amide bonds. The van der Waals surface area contributed by atoms with E-state index in [-0.39, 0.29) is 11.8 Å². The quantitative estimate of drug-likeness (QED) is 0.660. The Bertz CT molecular complexity index is 911. The lowest BCUT2D eigenvalue weighted by Gasteiger charge is -2.34. The summed E-state index contributed by atoms with van der Waals surface area (Å²) in [6.45, 7) is 4.19. The Labute approximate surface area is 166 Å². The van der Waals surface area contributed by atoms with Crippen LogP contribution in [0.2, 0.25) is 0 Å². The average molecular weight is 399 g/mol. The zero-order chi connectivity index (χ0) is 19.3. The van der Waals surface area contributed by atoms with Gasteiger partial charge in [-0.05, 0) is 23.6 Å². The molecule has 0 bridgehead atoms. The van der Waals surface area contributed by atoms with Crippen LogP contribution in [-0.4, -0.2) is 71.1 Å². The zero-order valence-electron chi connectivity index (χ0n) is 15.3. The molecule has 9 heteroatoms. The number of aromatic amines is 1. The van der Waals surface area contributed by atoms with Crippen LogP contribution in [0.15, 0.2) is 46.4 Å². The van der Waals surface area contributed by atoms with Gasteiger partial charge in [-0.1, -0.05) is 6.07 Å². The summed E-state index contributed by atoms with van der Waals surface area (Å²) in [5.74, 6) is 0.537. The van der Waals surface area contributed by atoms with Crippen molar-refractivity contribution in [2.24, 2.45) is 0 Å². The molecule has 1 saturated heterocycles. The number of H-pyrrole nitrogens is 1. The minimum Gasteiger partial charge on any atom is -0.463 e. The molecule has 2 N–H and O–H groups in total. The SMILES string of the molecule is O=C(NCCN1CCN(C(=O)c2cc(-c3ccco3)[nH]n2)CC1)c1cccs1. The van der Waals surface area contributed by atoms with Gasteiger partial charge >= 0.3 is 0 Å². The Hall–Kier alpha value is -2.91. The van der Waals surface area contributed by atoms with Gasteiger partial charge in [0.05, 0.1) is 11.1 Å². The van der Waals surface area contributed by atoms with Gasteiger partial charge in [-0.25, -0.2) is 0 Å². The molecule has 1 aliphatic heterocycles.